The summed E-state index contributed by atoms with van der Waals surface area (Å²) in [7, 11) is 0. The molecule has 0 fully saturated rings. The zero-order valence-corrected chi connectivity index (χ0v) is 16.8. The molecule has 1 aliphatic heterocycles. The summed E-state index contributed by atoms with van der Waals surface area (Å²) in [5.41, 5.74) is 1.56. The van der Waals surface area contributed by atoms with Gasteiger partial charge in [0, 0.05) is 35.2 Å². The average Bonchev–Trinajstić information content (AvgIpc) is 3.17. The van der Waals surface area contributed by atoms with Gasteiger partial charge in [-0.2, -0.15) is 13.2 Å². The van der Waals surface area contributed by atoms with Crippen LogP contribution in [0.3, 0.4) is 0 Å². The molecule has 2 aromatic carbocycles. The molecule has 0 saturated heterocycles. The zero-order chi connectivity index (χ0) is 21.3. The van der Waals surface area contributed by atoms with Crippen molar-refractivity contribution >= 4 is 34.7 Å². The fraction of sp³-hybridized carbons (Fsp3) is 0.182. The van der Waals surface area contributed by atoms with Gasteiger partial charge in [-0.25, -0.2) is 0 Å². The number of fused-ring (bicyclic) bond motifs is 1. The number of hydrogen-bond donors (Lipinski definition) is 1. The number of anilines is 3. The quantitative estimate of drug-likeness (QED) is 0.541. The highest BCUT2D eigenvalue weighted by Gasteiger charge is 2.38. The van der Waals surface area contributed by atoms with Crippen LogP contribution in [0.5, 0.6) is 0 Å². The lowest BCUT2D eigenvalue weighted by Crippen LogP contribution is -2.32. The minimum atomic E-state index is -4.45. The number of carbonyl (C=O) groups excluding carboxylic acids is 1. The smallest absolute Gasteiger partial charge is 0.384 e. The molecule has 154 valence electrons. The van der Waals surface area contributed by atoms with Crippen molar-refractivity contribution in [1.82, 2.24) is 4.98 Å². The first kappa shape index (κ1) is 20.3. The molecular weight excluding hydrogens is 411 g/mol. The summed E-state index contributed by atoms with van der Waals surface area (Å²) in [5.74, 6) is -0.827. The van der Waals surface area contributed by atoms with E-state index in [9.17, 15) is 18.0 Å². The standard InChI is InChI=1S/C22H18F3N3OS/c1-30-20-11-16-17(13-27-19(16)12-18(20)22(23,24)25)21(29)28(14-5-3-2-4-6-14)15-7-9-26-10-8-15/h2-12,17,27H,13H2,1H3. The van der Waals surface area contributed by atoms with Crippen molar-refractivity contribution in [3.8, 4) is 0 Å². The molecule has 0 aliphatic carbocycles. The molecule has 0 bridgehead atoms. The maximum absolute atomic E-state index is 13.6. The summed E-state index contributed by atoms with van der Waals surface area (Å²) in [6.45, 7) is 0.234. The summed E-state index contributed by atoms with van der Waals surface area (Å²) < 4.78 is 40.2. The van der Waals surface area contributed by atoms with Crippen LogP contribution in [0.4, 0.5) is 30.2 Å². The van der Waals surface area contributed by atoms with Crippen molar-refractivity contribution in [2.24, 2.45) is 0 Å². The first-order valence-corrected chi connectivity index (χ1v) is 10.4. The number of para-hydroxylation sites is 1. The molecule has 8 heteroatoms. The first-order chi connectivity index (χ1) is 14.4. The third-order valence-electron chi connectivity index (χ3n) is 5.00. The fourth-order valence-electron chi connectivity index (χ4n) is 3.60. The number of halogens is 3. The van der Waals surface area contributed by atoms with Gasteiger partial charge in [-0.1, -0.05) is 18.2 Å². The Balaban J connectivity index is 1.77. The van der Waals surface area contributed by atoms with Crippen molar-refractivity contribution in [3.05, 3.63) is 78.1 Å². The number of amides is 1. The van der Waals surface area contributed by atoms with Crippen LogP contribution in [0.15, 0.2) is 71.9 Å². The SMILES string of the molecule is CSc1cc2c(cc1C(F)(F)F)NCC2C(=O)N(c1ccccc1)c1ccncc1. The lowest BCUT2D eigenvalue weighted by atomic mass is 9.97. The monoisotopic (exact) mass is 429 g/mol. The van der Waals surface area contributed by atoms with Crippen LogP contribution in [0, 0.1) is 0 Å². The van der Waals surface area contributed by atoms with E-state index in [-0.39, 0.29) is 17.3 Å². The van der Waals surface area contributed by atoms with E-state index in [0.29, 0.717) is 22.6 Å². The number of carbonyl (C=O) groups is 1. The third kappa shape index (κ3) is 3.75. The van der Waals surface area contributed by atoms with Crippen molar-refractivity contribution in [2.45, 2.75) is 17.0 Å². The van der Waals surface area contributed by atoms with E-state index in [1.807, 2.05) is 30.3 Å². The Labute approximate surface area is 176 Å². The summed E-state index contributed by atoms with van der Waals surface area (Å²) in [5, 5.41) is 2.98. The maximum atomic E-state index is 13.6. The van der Waals surface area contributed by atoms with Gasteiger partial charge >= 0.3 is 6.18 Å². The van der Waals surface area contributed by atoms with Gasteiger partial charge in [-0.15, -0.1) is 11.8 Å². The van der Waals surface area contributed by atoms with Gasteiger partial charge < -0.3 is 5.32 Å². The van der Waals surface area contributed by atoms with Crippen LogP contribution in [0.1, 0.15) is 17.0 Å². The Morgan fingerprint density at radius 2 is 1.77 bits per heavy atom. The van der Waals surface area contributed by atoms with E-state index in [2.05, 4.69) is 10.3 Å². The molecule has 0 radical (unpaired) electrons. The van der Waals surface area contributed by atoms with E-state index >= 15 is 0 Å². The molecule has 4 nitrogen and oxygen atoms in total. The van der Waals surface area contributed by atoms with Crippen molar-refractivity contribution in [1.29, 1.82) is 0 Å². The first-order valence-electron chi connectivity index (χ1n) is 9.22. The Morgan fingerprint density at radius 3 is 2.40 bits per heavy atom. The van der Waals surface area contributed by atoms with Gasteiger partial charge in [0.15, 0.2) is 0 Å². The molecule has 1 N–H and O–H groups in total. The molecule has 1 aromatic heterocycles. The number of aromatic nitrogens is 1. The summed E-state index contributed by atoms with van der Waals surface area (Å²) >= 11 is 1.02. The van der Waals surface area contributed by atoms with Crippen LogP contribution < -0.4 is 10.2 Å². The molecule has 0 saturated carbocycles. The van der Waals surface area contributed by atoms with Crippen LogP contribution >= 0.6 is 11.8 Å². The minimum Gasteiger partial charge on any atom is -0.384 e. The second kappa shape index (κ2) is 8.02. The molecule has 2 heterocycles. The Hall–Kier alpha value is -3.00. The molecule has 1 atom stereocenters. The van der Waals surface area contributed by atoms with E-state index in [1.165, 1.54) is 6.07 Å². The van der Waals surface area contributed by atoms with Gasteiger partial charge in [0.25, 0.3) is 0 Å². The maximum Gasteiger partial charge on any atom is 0.417 e. The normalized spacial score (nSPS) is 15.4. The molecular formula is C22H18F3N3OS. The van der Waals surface area contributed by atoms with E-state index < -0.39 is 17.7 Å². The number of alkyl halides is 3. The molecule has 1 amide bonds. The van der Waals surface area contributed by atoms with Gasteiger partial charge in [0.05, 0.1) is 17.2 Å². The number of benzene rings is 2. The minimum absolute atomic E-state index is 0.109. The lowest BCUT2D eigenvalue weighted by Gasteiger charge is -2.26. The van der Waals surface area contributed by atoms with Gasteiger partial charge in [-0.05, 0) is 48.2 Å². The summed E-state index contributed by atoms with van der Waals surface area (Å²) in [4.78, 5) is 19.3. The van der Waals surface area contributed by atoms with Gasteiger partial charge in [-0.3, -0.25) is 14.7 Å². The lowest BCUT2D eigenvalue weighted by molar-refractivity contribution is -0.139. The van der Waals surface area contributed by atoms with Crippen LogP contribution in [-0.4, -0.2) is 23.7 Å². The van der Waals surface area contributed by atoms with Crippen molar-refractivity contribution in [2.75, 3.05) is 23.0 Å². The zero-order valence-electron chi connectivity index (χ0n) is 16.0. The number of thioether (sulfide) groups is 1. The summed E-state index contributed by atoms with van der Waals surface area (Å²) in [6.07, 6.45) is 0.343. The van der Waals surface area contributed by atoms with Crippen LogP contribution in [0.2, 0.25) is 0 Å². The predicted molar refractivity (Wildman–Crippen MR) is 112 cm³/mol. The largest absolute Gasteiger partial charge is 0.417 e. The number of nitrogens with zero attached hydrogens (tertiary/aromatic N) is 2. The van der Waals surface area contributed by atoms with Crippen molar-refractivity contribution in [3.63, 3.8) is 0 Å². The van der Waals surface area contributed by atoms with E-state index in [1.54, 1.807) is 35.7 Å². The van der Waals surface area contributed by atoms with E-state index in [4.69, 9.17) is 0 Å². The Bertz CT molecular complexity index is 1020. The highest BCUT2D eigenvalue weighted by molar-refractivity contribution is 7.98. The molecule has 4 rings (SSSR count). The summed E-state index contributed by atoms with van der Waals surface area (Å²) in [6, 6.07) is 15.2. The van der Waals surface area contributed by atoms with Crippen molar-refractivity contribution < 1.29 is 18.0 Å². The van der Waals surface area contributed by atoms with Crippen LogP contribution in [-0.2, 0) is 11.0 Å². The predicted octanol–water partition coefficient (Wildman–Crippen LogP) is 5.70. The average molecular weight is 429 g/mol. The topological polar surface area (TPSA) is 45.2 Å². The highest BCUT2D eigenvalue weighted by atomic mass is 32.2. The molecule has 3 aromatic rings. The molecule has 1 unspecified atom stereocenters. The number of rotatable bonds is 4. The Morgan fingerprint density at radius 1 is 1.10 bits per heavy atom. The number of pyridine rings is 1. The van der Waals surface area contributed by atoms with Gasteiger partial charge in [0.1, 0.15) is 0 Å². The molecule has 30 heavy (non-hydrogen) atoms. The highest BCUT2D eigenvalue weighted by Crippen LogP contribution is 2.44. The second-order valence-corrected chi connectivity index (χ2v) is 7.63. The Kier molecular flexibility index (Phi) is 5.42. The fourth-order valence-corrected chi connectivity index (χ4v) is 4.24. The van der Waals surface area contributed by atoms with Crippen LogP contribution in [0.25, 0.3) is 0 Å². The molecule has 1 aliphatic rings. The number of hydrogen-bond acceptors (Lipinski definition) is 4. The molecule has 0 spiro atoms. The second-order valence-electron chi connectivity index (χ2n) is 6.79. The third-order valence-corrected chi connectivity index (χ3v) is 5.78. The van der Waals surface area contributed by atoms with E-state index in [0.717, 1.165) is 17.8 Å². The van der Waals surface area contributed by atoms with Gasteiger partial charge in [0.2, 0.25) is 5.91 Å². The number of nitrogens with one attached hydrogen (secondary N) is 1.